The van der Waals surface area contributed by atoms with Gasteiger partial charge in [0.2, 0.25) is 17.7 Å². The van der Waals surface area contributed by atoms with Crippen molar-refractivity contribution >= 4 is 23.5 Å². The molecule has 0 spiro atoms. The summed E-state index contributed by atoms with van der Waals surface area (Å²) >= 11 is 0. The molecule has 3 rings (SSSR count). The van der Waals surface area contributed by atoms with Gasteiger partial charge in [0.1, 0.15) is 5.78 Å². The van der Waals surface area contributed by atoms with E-state index < -0.39 is 5.92 Å². The summed E-state index contributed by atoms with van der Waals surface area (Å²) in [5.41, 5.74) is 0.843. The highest BCUT2D eigenvalue weighted by molar-refractivity contribution is 5.90. The van der Waals surface area contributed by atoms with E-state index in [-0.39, 0.29) is 48.1 Å². The van der Waals surface area contributed by atoms with Gasteiger partial charge in [0, 0.05) is 56.7 Å². The van der Waals surface area contributed by atoms with Gasteiger partial charge in [0.25, 0.3) is 0 Å². The fraction of sp³-hybridized carbons (Fsp3) is 0.700. The first kappa shape index (κ1) is 32.6. The molecule has 1 aliphatic heterocycles. The van der Waals surface area contributed by atoms with Crippen LogP contribution in [0.15, 0.2) is 24.5 Å². The number of amides is 3. The van der Waals surface area contributed by atoms with Crippen molar-refractivity contribution < 1.29 is 33.4 Å². The lowest BCUT2D eigenvalue weighted by Crippen LogP contribution is -2.39. The number of hydrogen-bond acceptors (Lipinski definition) is 8. The van der Waals surface area contributed by atoms with Crippen LogP contribution < -0.4 is 10.6 Å². The summed E-state index contributed by atoms with van der Waals surface area (Å²) in [7, 11) is 1.71. The van der Waals surface area contributed by atoms with Crippen LogP contribution in [0.1, 0.15) is 64.0 Å². The molecule has 11 nitrogen and oxygen atoms in total. The molecule has 0 unspecified atom stereocenters. The van der Waals surface area contributed by atoms with Gasteiger partial charge in [0.05, 0.1) is 51.6 Å². The Morgan fingerprint density at radius 3 is 2.29 bits per heavy atom. The Bertz CT molecular complexity index is 982. The van der Waals surface area contributed by atoms with E-state index in [2.05, 4.69) is 15.6 Å². The molecule has 2 fully saturated rings. The predicted octanol–water partition coefficient (Wildman–Crippen LogP) is 2.06. The molecule has 2 atom stereocenters. The molecule has 1 aromatic heterocycles. The third kappa shape index (κ3) is 10.5. The quantitative estimate of drug-likeness (QED) is 0.270. The second-order valence-corrected chi connectivity index (χ2v) is 11.1. The molecule has 1 saturated heterocycles. The number of Topliss-reactive ketones (excluding diaryl/α,β-unsaturated/α-hetero) is 1. The van der Waals surface area contributed by atoms with E-state index in [0.717, 1.165) is 31.2 Å². The molecule has 11 heteroatoms. The molecule has 0 radical (unpaired) electrons. The van der Waals surface area contributed by atoms with E-state index in [0.29, 0.717) is 58.4 Å². The molecule has 1 saturated carbocycles. The molecule has 0 bridgehead atoms. The van der Waals surface area contributed by atoms with Crippen molar-refractivity contribution in [3.8, 4) is 0 Å². The second kappa shape index (κ2) is 17.2. The van der Waals surface area contributed by atoms with E-state index in [1.807, 2.05) is 19.9 Å². The Morgan fingerprint density at radius 1 is 1.00 bits per heavy atom. The zero-order valence-corrected chi connectivity index (χ0v) is 24.6. The summed E-state index contributed by atoms with van der Waals surface area (Å²) in [6.45, 7) is 6.46. The minimum Gasteiger partial charge on any atom is -0.379 e. The molecular weight excluding hydrogens is 528 g/mol. The summed E-state index contributed by atoms with van der Waals surface area (Å²) in [6, 6.07) is 3.50. The summed E-state index contributed by atoms with van der Waals surface area (Å²) in [5.74, 6) is -0.172. The minimum atomic E-state index is -0.465. The van der Waals surface area contributed by atoms with Crippen LogP contribution in [0.25, 0.3) is 0 Å². The van der Waals surface area contributed by atoms with E-state index >= 15 is 0 Å². The van der Waals surface area contributed by atoms with Gasteiger partial charge < -0.3 is 29.7 Å². The van der Waals surface area contributed by atoms with Crippen molar-refractivity contribution in [2.24, 2.45) is 17.8 Å². The molecule has 1 aromatic rings. The Labute approximate surface area is 243 Å². The lowest BCUT2D eigenvalue weighted by Gasteiger charge is -2.29. The van der Waals surface area contributed by atoms with E-state index in [1.54, 1.807) is 30.4 Å². The van der Waals surface area contributed by atoms with Crippen LogP contribution in [0, 0.1) is 17.8 Å². The number of carbonyl (C=O) groups is 4. The Hall–Kier alpha value is -2.89. The fourth-order valence-electron chi connectivity index (χ4n) is 5.49. The maximum absolute atomic E-state index is 12.7. The number of carbonyl (C=O) groups excluding carboxylic acids is 4. The summed E-state index contributed by atoms with van der Waals surface area (Å²) in [4.78, 5) is 55.0. The molecule has 41 heavy (non-hydrogen) atoms. The Balaban J connectivity index is 1.14. The number of ether oxygens (including phenoxy) is 3. The van der Waals surface area contributed by atoms with Crippen LogP contribution in [0.2, 0.25) is 0 Å². The predicted molar refractivity (Wildman–Crippen MR) is 152 cm³/mol. The van der Waals surface area contributed by atoms with E-state index in [9.17, 15) is 19.2 Å². The van der Waals surface area contributed by atoms with Gasteiger partial charge in [-0.25, -0.2) is 0 Å². The molecule has 0 aromatic carbocycles. The van der Waals surface area contributed by atoms with Crippen LogP contribution >= 0.6 is 0 Å². The SMILES string of the molecule is CC(C)C(=O)C1CCC(NC(=O)CCOCCOCCOCCNC(=O)[C@H]2CC(=O)N(C)[C@@H]2c2cccnc2)CC1. The summed E-state index contributed by atoms with van der Waals surface area (Å²) in [6.07, 6.45) is 7.23. The smallest absolute Gasteiger partial charge is 0.226 e. The first-order valence-electron chi connectivity index (χ1n) is 14.8. The number of hydrogen-bond donors (Lipinski definition) is 2. The highest BCUT2D eigenvalue weighted by atomic mass is 16.5. The maximum Gasteiger partial charge on any atom is 0.226 e. The van der Waals surface area contributed by atoms with E-state index in [4.69, 9.17) is 14.2 Å². The topological polar surface area (TPSA) is 136 Å². The fourth-order valence-corrected chi connectivity index (χ4v) is 5.49. The van der Waals surface area contributed by atoms with E-state index in [1.165, 1.54) is 0 Å². The van der Waals surface area contributed by atoms with Crippen molar-refractivity contribution in [2.75, 3.05) is 53.2 Å². The number of rotatable bonds is 17. The first-order chi connectivity index (χ1) is 19.8. The van der Waals surface area contributed by atoms with Crippen LogP contribution in [-0.4, -0.2) is 92.7 Å². The van der Waals surface area contributed by atoms with Crippen LogP contribution in [0.4, 0.5) is 0 Å². The number of nitrogens with zero attached hydrogens (tertiary/aromatic N) is 2. The largest absolute Gasteiger partial charge is 0.379 e. The van der Waals surface area contributed by atoms with Crippen molar-refractivity contribution in [3.63, 3.8) is 0 Å². The molecule has 2 heterocycles. The van der Waals surface area contributed by atoms with Crippen LogP contribution in [-0.2, 0) is 33.4 Å². The third-order valence-corrected chi connectivity index (χ3v) is 7.78. The Kier molecular flexibility index (Phi) is 13.6. The van der Waals surface area contributed by atoms with Gasteiger partial charge >= 0.3 is 0 Å². The third-order valence-electron chi connectivity index (χ3n) is 7.78. The zero-order valence-electron chi connectivity index (χ0n) is 24.6. The standard InChI is InChI=1S/C30H46N4O7/c1-21(2)29(37)22-6-8-24(9-7-22)33-26(35)10-13-39-15-17-41-18-16-40-14-12-32-30(38)25-19-27(36)34(3)28(25)23-5-4-11-31-20-23/h4-5,11,20-22,24-25,28H,6-10,12-19H2,1-3H3,(H,32,38)(H,33,35)/t22?,24?,25-,28+/m0/s1. The monoisotopic (exact) mass is 574 g/mol. The van der Waals surface area contributed by atoms with Gasteiger partial charge in [-0.05, 0) is 37.3 Å². The van der Waals surface area contributed by atoms with Gasteiger partial charge in [-0.15, -0.1) is 0 Å². The van der Waals surface area contributed by atoms with Crippen LogP contribution in [0.3, 0.4) is 0 Å². The van der Waals surface area contributed by atoms with Crippen molar-refractivity contribution in [1.29, 1.82) is 0 Å². The molecular formula is C30H46N4O7. The lowest BCUT2D eigenvalue weighted by molar-refractivity contribution is -0.128. The highest BCUT2D eigenvalue weighted by Crippen LogP contribution is 2.36. The highest BCUT2D eigenvalue weighted by Gasteiger charge is 2.42. The average molecular weight is 575 g/mol. The number of nitrogens with one attached hydrogen (secondary N) is 2. The van der Waals surface area contributed by atoms with Crippen LogP contribution in [0.5, 0.6) is 0 Å². The van der Waals surface area contributed by atoms with Crippen molar-refractivity contribution in [3.05, 3.63) is 30.1 Å². The number of likely N-dealkylation sites (tertiary alicyclic amines) is 1. The summed E-state index contributed by atoms with van der Waals surface area (Å²) < 4.78 is 16.5. The van der Waals surface area contributed by atoms with Gasteiger partial charge in [-0.1, -0.05) is 19.9 Å². The number of aromatic nitrogens is 1. The zero-order chi connectivity index (χ0) is 29.6. The average Bonchev–Trinajstić information content (AvgIpc) is 3.27. The molecule has 228 valence electrons. The van der Waals surface area contributed by atoms with Gasteiger partial charge in [0.15, 0.2) is 0 Å². The molecule has 2 aliphatic rings. The number of ketones is 1. The minimum absolute atomic E-state index is 0.0239. The lowest BCUT2D eigenvalue weighted by atomic mass is 9.80. The van der Waals surface area contributed by atoms with Gasteiger partial charge in [-0.2, -0.15) is 0 Å². The van der Waals surface area contributed by atoms with Crippen molar-refractivity contribution in [2.45, 2.75) is 64.5 Å². The number of pyridine rings is 1. The molecule has 2 N–H and O–H groups in total. The maximum atomic E-state index is 12.7. The Morgan fingerprint density at radius 2 is 1.66 bits per heavy atom. The second-order valence-electron chi connectivity index (χ2n) is 11.1. The van der Waals surface area contributed by atoms with Gasteiger partial charge in [-0.3, -0.25) is 24.2 Å². The molecule has 3 amide bonds. The normalized spacial score (nSPS) is 22.6. The van der Waals surface area contributed by atoms with Crippen molar-refractivity contribution in [1.82, 2.24) is 20.5 Å². The molecule has 1 aliphatic carbocycles. The first-order valence-corrected chi connectivity index (χ1v) is 14.8. The summed E-state index contributed by atoms with van der Waals surface area (Å²) in [5, 5.41) is 5.92.